The number of para-hydroxylation sites is 1. The minimum absolute atomic E-state index is 0.126. The summed E-state index contributed by atoms with van der Waals surface area (Å²) in [5, 5.41) is 7.68. The molecule has 0 bridgehead atoms. The summed E-state index contributed by atoms with van der Waals surface area (Å²) in [4.78, 5) is 12.9. The van der Waals surface area contributed by atoms with Gasteiger partial charge in [-0.2, -0.15) is 5.10 Å². The summed E-state index contributed by atoms with van der Waals surface area (Å²) < 4.78 is 13.5. The van der Waals surface area contributed by atoms with Crippen molar-refractivity contribution in [1.29, 1.82) is 0 Å². The third-order valence-electron chi connectivity index (χ3n) is 5.38. The van der Waals surface area contributed by atoms with Crippen LogP contribution in [0.4, 0.5) is 0 Å². The van der Waals surface area contributed by atoms with E-state index in [0.29, 0.717) is 30.2 Å². The second-order valence-electron chi connectivity index (χ2n) is 7.18. The highest BCUT2D eigenvalue weighted by atomic mass is 79.9. The molecular weight excluding hydrogens is 446 g/mol. The maximum Gasteiger partial charge on any atom is 0.272 e. The fourth-order valence-electron chi connectivity index (χ4n) is 3.88. The van der Waals surface area contributed by atoms with Crippen LogP contribution >= 0.6 is 15.9 Å². The zero-order chi connectivity index (χ0) is 21.1. The quantitative estimate of drug-likeness (QED) is 0.565. The predicted molar refractivity (Wildman–Crippen MR) is 119 cm³/mol. The molecule has 0 radical (unpaired) electrons. The van der Waals surface area contributed by atoms with Crippen LogP contribution < -0.4 is 14.8 Å². The van der Waals surface area contributed by atoms with Gasteiger partial charge in [-0.05, 0) is 55.5 Å². The molecule has 6 nitrogen and oxygen atoms in total. The Morgan fingerprint density at radius 1 is 1.13 bits per heavy atom. The molecular formula is C23H24BrN3O3. The number of carbonyl (C=O) groups is 1. The molecule has 1 amide bonds. The first-order valence-corrected chi connectivity index (χ1v) is 10.8. The van der Waals surface area contributed by atoms with Crippen LogP contribution in [-0.4, -0.2) is 36.5 Å². The summed E-state index contributed by atoms with van der Waals surface area (Å²) in [5.74, 6) is 1.21. The van der Waals surface area contributed by atoms with Gasteiger partial charge in [0, 0.05) is 22.3 Å². The molecule has 1 aliphatic rings. The average molecular weight is 470 g/mol. The van der Waals surface area contributed by atoms with E-state index < -0.39 is 0 Å². The van der Waals surface area contributed by atoms with Crippen LogP contribution in [0.1, 0.15) is 33.7 Å². The first kappa shape index (κ1) is 20.5. The van der Waals surface area contributed by atoms with E-state index in [2.05, 4.69) is 26.3 Å². The van der Waals surface area contributed by atoms with E-state index in [1.165, 1.54) is 0 Å². The molecule has 1 aromatic heterocycles. The number of nitrogens with zero attached hydrogens (tertiary/aromatic N) is 2. The number of methoxy groups -OCH3 is 2. The molecule has 1 heterocycles. The average Bonchev–Trinajstić information content (AvgIpc) is 3.38. The molecule has 0 spiro atoms. The number of hydrogen-bond donors (Lipinski definition) is 1. The lowest BCUT2D eigenvalue weighted by Crippen LogP contribution is -2.27. The normalized spacial score (nSPS) is 12.5. The van der Waals surface area contributed by atoms with Gasteiger partial charge in [0.25, 0.3) is 5.91 Å². The highest BCUT2D eigenvalue weighted by Crippen LogP contribution is 2.33. The van der Waals surface area contributed by atoms with Gasteiger partial charge >= 0.3 is 0 Å². The summed E-state index contributed by atoms with van der Waals surface area (Å²) >= 11 is 3.57. The Labute approximate surface area is 184 Å². The highest BCUT2D eigenvalue weighted by molar-refractivity contribution is 9.10. The second kappa shape index (κ2) is 8.92. The Bertz CT molecular complexity index is 1060. The van der Waals surface area contributed by atoms with Crippen LogP contribution in [0, 0.1) is 0 Å². The van der Waals surface area contributed by atoms with E-state index in [1.807, 2.05) is 47.1 Å². The van der Waals surface area contributed by atoms with Crippen molar-refractivity contribution in [2.24, 2.45) is 0 Å². The summed E-state index contributed by atoms with van der Waals surface area (Å²) in [6, 6.07) is 13.8. The van der Waals surface area contributed by atoms with Gasteiger partial charge in [-0.15, -0.1) is 0 Å². The second-order valence-corrected chi connectivity index (χ2v) is 8.03. The molecule has 1 aliphatic carbocycles. The van der Waals surface area contributed by atoms with Gasteiger partial charge in [0.2, 0.25) is 0 Å². The fraction of sp³-hybridized carbons (Fsp3) is 0.304. The number of ether oxygens (including phenoxy) is 2. The lowest BCUT2D eigenvalue weighted by molar-refractivity contribution is 0.0948. The van der Waals surface area contributed by atoms with Crippen LogP contribution in [-0.2, 0) is 19.3 Å². The van der Waals surface area contributed by atoms with Crippen LogP contribution in [0.25, 0.3) is 5.69 Å². The van der Waals surface area contributed by atoms with Crippen molar-refractivity contribution in [2.45, 2.75) is 25.7 Å². The molecule has 30 heavy (non-hydrogen) atoms. The Morgan fingerprint density at radius 2 is 1.87 bits per heavy atom. The Balaban J connectivity index is 1.48. The van der Waals surface area contributed by atoms with Crippen LogP contribution in [0.2, 0.25) is 0 Å². The number of amides is 1. The molecule has 1 N–H and O–H groups in total. The van der Waals surface area contributed by atoms with Crippen molar-refractivity contribution < 1.29 is 14.3 Å². The van der Waals surface area contributed by atoms with Gasteiger partial charge in [-0.25, -0.2) is 4.68 Å². The molecule has 7 heteroatoms. The number of carbonyl (C=O) groups excluding carboxylic acids is 1. The standard InChI is InChI=1S/C23H24BrN3O3/c1-29-20-13-15(18(24)14-21(20)30-2)11-12-25-23(28)22-17-9-6-10-19(17)27(26-22)16-7-4-3-5-8-16/h3-5,7-8,13-14H,6,9-12H2,1-2H3,(H,25,28). The van der Waals surface area contributed by atoms with Crippen molar-refractivity contribution >= 4 is 21.8 Å². The van der Waals surface area contributed by atoms with Crippen molar-refractivity contribution in [3.8, 4) is 17.2 Å². The number of fused-ring (bicyclic) bond motifs is 1. The maximum absolute atomic E-state index is 12.9. The summed E-state index contributed by atoms with van der Waals surface area (Å²) in [6.45, 7) is 0.500. The number of benzene rings is 2. The smallest absolute Gasteiger partial charge is 0.272 e. The fourth-order valence-corrected chi connectivity index (χ4v) is 4.41. The number of nitrogens with one attached hydrogen (secondary N) is 1. The van der Waals surface area contributed by atoms with Gasteiger partial charge in [0.15, 0.2) is 17.2 Å². The molecule has 2 aromatic carbocycles. The molecule has 4 rings (SSSR count). The Kier molecular flexibility index (Phi) is 6.08. The van der Waals surface area contributed by atoms with E-state index in [9.17, 15) is 4.79 Å². The SMILES string of the molecule is COc1cc(Br)c(CCNC(=O)c2nn(-c3ccccc3)c3c2CCC3)cc1OC. The number of hydrogen-bond acceptors (Lipinski definition) is 4. The van der Waals surface area contributed by atoms with Gasteiger partial charge < -0.3 is 14.8 Å². The summed E-state index contributed by atoms with van der Waals surface area (Å²) in [6.07, 6.45) is 3.56. The third kappa shape index (κ3) is 3.94. The van der Waals surface area contributed by atoms with Crippen LogP contribution in [0.15, 0.2) is 46.9 Å². The van der Waals surface area contributed by atoms with Gasteiger partial charge in [-0.1, -0.05) is 34.1 Å². The van der Waals surface area contributed by atoms with Crippen LogP contribution in [0.5, 0.6) is 11.5 Å². The number of halogens is 1. The van der Waals surface area contributed by atoms with Crippen molar-refractivity contribution in [3.63, 3.8) is 0 Å². The first-order valence-electron chi connectivity index (χ1n) is 9.97. The van der Waals surface area contributed by atoms with E-state index in [-0.39, 0.29) is 5.91 Å². The Morgan fingerprint density at radius 3 is 2.60 bits per heavy atom. The van der Waals surface area contributed by atoms with Crippen molar-refractivity contribution in [2.75, 3.05) is 20.8 Å². The molecule has 3 aromatic rings. The van der Waals surface area contributed by atoms with E-state index in [4.69, 9.17) is 9.47 Å². The molecule has 0 saturated carbocycles. The van der Waals surface area contributed by atoms with Crippen molar-refractivity contribution in [3.05, 3.63) is 69.5 Å². The monoisotopic (exact) mass is 469 g/mol. The largest absolute Gasteiger partial charge is 0.493 e. The predicted octanol–water partition coefficient (Wildman–Crippen LogP) is 4.11. The maximum atomic E-state index is 12.9. The lowest BCUT2D eigenvalue weighted by atomic mass is 10.1. The minimum Gasteiger partial charge on any atom is -0.493 e. The van der Waals surface area contributed by atoms with Gasteiger partial charge in [0.1, 0.15) is 0 Å². The topological polar surface area (TPSA) is 65.4 Å². The van der Waals surface area contributed by atoms with Gasteiger partial charge in [-0.3, -0.25) is 4.79 Å². The summed E-state index contributed by atoms with van der Waals surface area (Å²) in [5.41, 5.74) is 4.78. The third-order valence-corrected chi connectivity index (χ3v) is 6.12. The van der Waals surface area contributed by atoms with E-state index >= 15 is 0 Å². The molecule has 0 fully saturated rings. The molecule has 0 aliphatic heterocycles. The molecule has 0 unspecified atom stereocenters. The lowest BCUT2D eigenvalue weighted by Gasteiger charge is -2.12. The van der Waals surface area contributed by atoms with Crippen molar-refractivity contribution in [1.82, 2.24) is 15.1 Å². The first-order chi connectivity index (χ1) is 14.6. The van der Waals surface area contributed by atoms with E-state index in [0.717, 1.165) is 46.2 Å². The Hall–Kier alpha value is -2.80. The van der Waals surface area contributed by atoms with E-state index in [1.54, 1.807) is 14.2 Å². The number of rotatable bonds is 7. The summed E-state index contributed by atoms with van der Waals surface area (Å²) in [7, 11) is 3.22. The number of aromatic nitrogens is 2. The highest BCUT2D eigenvalue weighted by Gasteiger charge is 2.26. The molecule has 0 atom stereocenters. The molecule has 0 saturated heterocycles. The minimum atomic E-state index is -0.126. The zero-order valence-corrected chi connectivity index (χ0v) is 18.7. The molecule has 156 valence electrons. The van der Waals surface area contributed by atoms with Crippen LogP contribution in [0.3, 0.4) is 0 Å². The van der Waals surface area contributed by atoms with Gasteiger partial charge in [0.05, 0.1) is 19.9 Å². The zero-order valence-electron chi connectivity index (χ0n) is 17.1.